The van der Waals surface area contributed by atoms with Gasteiger partial charge in [-0.05, 0) is 30.4 Å². The van der Waals surface area contributed by atoms with Crippen LogP contribution in [0.4, 0.5) is 0 Å². The van der Waals surface area contributed by atoms with E-state index in [-0.39, 0.29) is 35.5 Å². The summed E-state index contributed by atoms with van der Waals surface area (Å²) in [5, 5.41) is 0.907. The number of nitrogens with zero attached hydrogens (tertiary/aromatic N) is 2. The SMILES string of the molecule is O=C(NN1C(=O)[C@@H]2[C@H](C1=O)[C@H]1C=C[C@@H]2C1)c1ccncc1. The highest BCUT2D eigenvalue weighted by atomic mass is 16.2. The number of allylic oxidation sites excluding steroid dienone is 2. The number of pyridine rings is 1. The number of imide groups is 1. The molecule has 1 N–H and O–H groups in total. The van der Waals surface area contributed by atoms with Crippen LogP contribution in [0.25, 0.3) is 0 Å². The van der Waals surface area contributed by atoms with Crippen molar-refractivity contribution in [2.24, 2.45) is 23.7 Å². The number of hydrogen-bond donors (Lipinski definition) is 1. The summed E-state index contributed by atoms with van der Waals surface area (Å²) in [6.45, 7) is 0. The fourth-order valence-electron chi connectivity index (χ4n) is 3.68. The molecule has 4 atom stereocenters. The number of hydrazine groups is 1. The maximum absolute atomic E-state index is 12.4. The minimum absolute atomic E-state index is 0.138. The number of carbonyl (C=O) groups is 3. The Balaban J connectivity index is 1.56. The van der Waals surface area contributed by atoms with Gasteiger partial charge in [-0.3, -0.25) is 24.8 Å². The number of rotatable bonds is 2. The van der Waals surface area contributed by atoms with Crippen molar-refractivity contribution < 1.29 is 14.4 Å². The van der Waals surface area contributed by atoms with E-state index in [4.69, 9.17) is 0 Å². The van der Waals surface area contributed by atoms with E-state index in [1.807, 2.05) is 12.2 Å². The average Bonchev–Trinajstić information content (AvgIpc) is 3.18. The fraction of sp³-hybridized carbons (Fsp3) is 0.333. The zero-order valence-electron chi connectivity index (χ0n) is 11.1. The first kappa shape index (κ1) is 12.3. The first-order valence-electron chi connectivity index (χ1n) is 6.94. The smallest absolute Gasteiger partial charge is 0.270 e. The highest BCUT2D eigenvalue weighted by molar-refractivity contribution is 6.08. The third-order valence-electron chi connectivity index (χ3n) is 4.63. The first-order valence-corrected chi connectivity index (χ1v) is 6.94. The monoisotopic (exact) mass is 283 g/mol. The van der Waals surface area contributed by atoms with Crippen molar-refractivity contribution in [1.29, 1.82) is 0 Å². The van der Waals surface area contributed by atoms with Crippen LogP contribution in [0.15, 0.2) is 36.7 Å². The van der Waals surface area contributed by atoms with Crippen LogP contribution >= 0.6 is 0 Å². The number of amides is 3. The molecular weight excluding hydrogens is 270 g/mol. The third-order valence-corrected chi connectivity index (χ3v) is 4.63. The second-order valence-electron chi connectivity index (χ2n) is 5.69. The number of hydrogen-bond acceptors (Lipinski definition) is 4. The summed E-state index contributed by atoms with van der Waals surface area (Å²) in [6.07, 6.45) is 7.89. The lowest BCUT2D eigenvalue weighted by atomic mass is 9.85. The molecular formula is C15H13N3O3. The van der Waals surface area contributed by atoms with Gasteiger partial charge >= 0.3 is 0 Å². The molecule has 2 bridgehead atoms. The summed E-state index contributed by atoms with van der Waals surface area (Å²) in [5.74, 6) is -1.37. The highest BCUT2D eigenvalue weighted by Crippen LogP contribution is 2.52. The van der Waals surface area contributed by atoms with Gasteiger partial charge in [0.15, 0.2) is 0 Å². The number of fused-ring (bicyclic) bond motifs is 5. The van der Waals surface area contributed by atoms with E-state index >= 15 is 0 Å². The highest BCUT2D eigenvalue weighted by Gasteiger charge is 2.59. The summed E-state index contributed by atoms with van der Waals surface area (Å²) in [4.78, 5) is 40.7. The summed E-state index contributed by atoms with van der Waals surface area (Å²) in [5.41, 5.74) is 2.80. The number of aromatic nitrogens is 1. The van der Waals surface area contributed by atoms with Gasteiger partial charge in [-0.15, -0.1) is 0 Å². The van der Waals surface area contributed by atoms with Gasteiger partial charge in [0.25, 0.3) is 17.7 Å². The van der Waals surface area contributed by atoms with Crippen LogP contribution in [-0.2, 0) is 9.59 Å². The van der Waals surface area contributed by atoms with E-state index in [1.165, 1.54) is 24.5 Å². The van der Waals surface area contributed by atoms with Crippen LogP contribution in [0.5, 0.6) is 0 Å². The molecule has 4 rings (SSSR count). The van der Waals surface area contributed by atoms with Crippen molar-refractivity contribution in [2.75, 3.05) is 0 Å². The fourth-order valence-corrected chi connectivity index (χ4v) is 3.68. The van der Waals surface area contributed by atoms with E-state index in [0.29, 0.717) is 5.56 Å². The largest absolute Gasteiger partial charge is 0.272 e. The molecule has 106 valence electrons. The van der Waals surface area contributed by atoms with E-state index in [0.717, 1.165) is 11.4 Å². The van der Waals surface area contributed by atoms with Crippen molar-refractivity contribution in [2.45, 2.75) is 6.42 Å². The van der Waals surface area contributed by atoms with E-state index < -0.39 is 5.91 Å². The molecule has 1 saturated heterocycles. The molecule has 0 unspecified atom stereocenters. The predicted octanol–water partition coefficient (Wildman–Crippen LogP) is 0.533. The van der Waals surface area contributed by atoms with Crippen LogP contribution in [0.3, 0.4) is 0 Å². The minimum atomic E-state index is -0.473. The lowest BCUT2D eigenvalue weighted by molar-refractivity contribution is -0.143. The maximum Gasteiger partial charge on any atom is 0.270 e. The third kappa shape index (κ3) is 1.65. The standard InChI is InChI=1S/C15H13N3O3/c19-13(8-3-5-16-6-4-8)17-18-14(20)11-9-1-2-10(7-9)12(11)15(18)21/h1-6,9-12H,7H2,(H,17,19)/t9-,10+,11+,12-. The quantitative estimate of drug-likeness (QED) is 0.634. The van der Waals surface area contributed by atoms with Crippen molar-refractivity contribution in [3.05, 3.63) is 42.2 Å². The van der Waals surface area contributed by atoms with Crippen molar-refractivity contribution >= 4 is 17.7 Å². The molecule has 1 aliphatic heterocycles. The second kappa shape index (κ2) is 4.25. The molecule has 6 nitrogen and oxygen atoms in total. The molecule has 6 heteroatoms. The molecule has 0 aromatic carbocycles. The summed E-state index contributed by atoms with van der Waals surface area (Å²) in [7, 11) is 0. The van der Waals surface area contributed by atoms with E-state index in [9.17, 15) is 14.4 Å². The van der Waals surface area contributed by atoms with Gasteiger partial charge < -0.3 is 0 Å². The van der Waals surface area contributed by atoms with Crippen LogP contribution < -0.4 is 5.43 Å². The maximum atomic E-state index is 12.4. The molecule has 3 aliphatic rings. The summed E-state index contributed by atoms with van der Waals surface area (Å²) in [6, 6.07) is 3.07. The Kier molecular flexibility index (Phi) is 2.48. The molecule has 21 heavy (non-hydrogen) atoms. The lowest BCUT2D eigenvalue weighted by Gasteiger charge is -2.17. The van der Waals surface area contributed by atoms with E-state index in [2.05, 4.69) is 10.4 Å². The molecule has 2 aliphatic carbocycles. The molecule has 1 saturated carbocycles. The molecule has 1 aromatic rings. The number of carbonyl (C=O) groups excluding carboxylic acids is 3. The Labute approximate surface area is 120 Å². The zero-order chi connectivity index (χ0) is 14.6. The Bertz CT molecular complexity index is 640. The molecule has 1 aromatic heterocycles. The van der Waals surface area contributed by atoms with Gasteiger partial charge in [0.2, 0.25) is 0 Å². The van der Waals surface area contributed by atoms with Gasteiger partial charge in [-0.2, -0.15) is 5.01 Å². The molecule has 3 amide bonds. The topological polar surface area (TPSA) is 79.4 Å². The molecule has 2 fully saturated rings. The van der Waals surface area contributed by atoms with Crippen LogP contribution in [0.2, 0.25) is 0 Å². The predicted molar refractivity (Wildman–Crippen MR) is 71.3 cm³/mol. The normalized spacial score (nSPS) is 32.7. The Hall–Kier alpha value is -2.50. The average molecular weight is 283 g/mol. The second-order valence-corrected chi connectivity index (χ2v) is 5.69. The van der Waals surface area contributed by atoms with Crippen molar-refractivity contribution in [3.8, 4) is 0 Å². The molecule has 0 spiro atoms. The van der Waals surface area contributed by atoms with Gasteiger partial charge in [0.05, 0.1) is 11.8 Å². The molecule has 0 radical (unpaired) electrons. The van der Waals surface area contributed by atoms with Crippen LogP contribution in [-0.4, -0.2) is 27.7 Å². The number of nitrogens with one attached hydrogen (secondary N) is 1. The van der Waals surface area contributed by atoms with Gasteiger partial charge in [-0.1, -0.05) is 12.2 Å². The minimum Gasteiger partial charge on any atom is -0.272 e. The Morgan fingerprint density at radius 1 is 1.10 bits per heavy atom. The summed E-state index contributed by atoms with van der Waals surface area (Å²) >= 11 is 0. The summed E-state index contributed by atoms with van der Waals surface area (Å²) < 4.78 is 0. The lowest BCUT2D eigenvalue weighted by Crippen LogP contribution is -2.47. The first-order chi connectivity index (χ1) is 10.2. The zero-order valence-corrected chi connectivity index (χ0v) is 11.1. The van der Waals surface area contributed by atoms with Crippen molar-refractivity contribution in [1.82, 2.24) is 15.4 Å². The van der Waals surface area contributed by atoms with E-state index in [1.54, 1.807) is 0 Å². The van der Waals surface area contributed by atoms with Gasteiger partial charge in [0, 0.05) is 18.0 Å². The van der Waals surface area contributed by atoms with Gasteiger partial charge in [-0.25, -0.2) is 0 Å². The Morgan fingerprint density at radius 2 is 1.67 bits per heavy atom. The van der Waals surface area contributed by atoms with Crippen LogP contribution in [0.1, 0.15) is 16.8 Å². The van der Waals surface area contributed by atoms with Crippen LogP contribution in [0, 0.1) is 23.7 Å². The Morgan fingerprint density at radius 3 is 2.24 bits per heavy atom. The van der Waals surface area contributed by atoms with Gasteiger partial charge in [0.1, 0.15) is 0 Å². The molecule has 2 heterocycles. The van der Waals surface area contributed by atoms with Crippen molar-refractivity contribution in [3.63, 3.8) is 0 Å².